The third-order valence-corrected chi connectivity index (χ3v) is 5.81. The van der Waals surface area contributed by atoms with Crippen molar-refractivity contribution in [2.45, 2.75) is 32.7 Å². The lowest BCUT2D eigenvalue weighted by atomic mass is 10.0. The number of para-hydroxylation sites is 1. The molecule has 0 atom stereocenters. The summed E-state index contributed by atoms with van der Waals surface area (Å²) in [6.07, 6.45) is 1.14. The molecule has 4 rings (SSSR count). The monoisotopic (exact) mass is 487 g/mol. The molecule has 0 unspecified atom stereocenters. The summed E-state index contributed by atoms with van der Waals surface area (Å²) in [7, 11) is 3.29. The maximum absolute atomic E-state index is 12.0. The van der Waals surface area contributed by atoms with Gasteiger partial charge in [0.2, 0.25) is 0 Å². The van der Waals surface area contributed by atoms with E-state index in [0.29, 0.717) is 23.6 Å². The van der Waals surface area contributed by atoms with Crippen molar-refractivity contribution in [2.75, 3.05) is 14.1 Å². The fourth-order valence-corrected chi connectivity index (χ4v) is 3.97. The van der Waals surface area contributed by atoms with Crippen molar-refractivity contribution in [3.63, 3.8) is 0 Å². The van der Waals surface area contributed by atoms with E-state index in [1.54, 1.807) is 32.3 Å². The average molecular weight is 488 g/mol. The smallest absolute Gasteiger partial charge is 0.449 e. The number of carbonyl (C=O) groups excluding carboxylic acids is 1. The zero-order valence-corrected chi connectivity index (χ0v) is 20.6. The van der Waals surface area contributed by atoms with Crippen LogP contribution in [-0.4, -0.2) is 45.9 Å². The van der Waals surface area contributed by atoms with E-state index >= 15 is 0 Å². The normalized spacial score (nSPS) is 10.9. The number of carboxylic acid groups (broad SMARTS) is 1. The quantitative estimate of drug-likeness (QED) is 0.235. The summed E-state index contributed by atoms with van der Waals surface area (Å²) in [5.41, 5.74) is 4.37. The van der Waals surface area contributed by atoms with Gasteiger partial charge < -0.3 is 24.0 Å². The van der Waals surface area contributed by atoms with Crippen LogP contribution < -0.4 is 9.47 Å². The molecule has 186 valence electrons. The van der Waals surface area contributed by atoms with Gasteiger partial charge in [-0.1, -0.05) is 55.8 Å². The third kappa shape index (κ3) is 5.66. The number of aromatic nitrogens is 2. The van der Waals surface area contributed by atoms with Crippen molar-refractivity contribution in [3.05, 3.63) is 78.1 Å². The molecule has 8 heteroatoms. The molecular formula is C28H29N3O5. The van der Waals surface area contributed by atoms with Crippen molar-refractivity contribution in [1.82, 2.24) is 14.5 Å². The standard InChI is InChI=1S/C28H29N3O5/c1-4-5-10-26-29-23-16-15-21(35-27(32)30(2)3)17-24(23)31(26)18-19-11-13-20(14-12-19)22-8-6-7-9-25(22)36-28(33)34/h6-9,11-17H,4-5,10,18H2,1-3H3,(H,33,34). The average Bonchev–Trinajstić information content (AvgIpc) is 3.19. The zero-order valence-electron chi connectivity index (χ0n) is 20.6. The number of unbranched alkanes of at least 4 members (excludes halogenated alkanes) is 1. The summed E-state index contributed by atoms with van der Waals surface area (Å²) in [5.74, 6) is 1.74. The first-order valence-electron chi connectivity index (χ1n) is 11.8. The number of benzene rings is 3. The van der Waals surface area contributed by atoms with Gasteiger partial charge in [-0.05, 0) is 35.7 Å². The van der Waals surface area contributed by atoms with Gasteiger partial charge in [0.25, 0.3) is 0 Å². The third-order valence-electron chi connectivity index (χ3n) is 5.81. The molecule has 8 nitrogen and oxygen atoms in total. The first kappa shape index (κ1) is 24.8. The summed E-state index contributed by atoms with van der Waals surface area (Å²) >= 11 is 0. The van der Waals surface area contributed by atoms with Gasteiger partial charge in [0.05, 0.1) is 11.0 Å². The number of ether oxygens (including phenoxy) is 2. The molecule has 3 aromatic carbocycles. The molecule has 0 aliphatic heterocycles. The topological polar surface area (TPSA) is 93.9 Å². The fraction of sp³-hybridized carbons (Fsp3) is 0.250. The van der Waals surface area contributed by atoms with Crippen LogP contribution in [-0.2, 0) is 13.0 Å². The number of hydrogen-bond acceptors (Lipinski definition) is 5. The van der Waals surface area contributed by atoms with Crippen LogP contribution in [0.15, 0.2) is 66.7 Å². The van der Waals surface area contributed by atoms with Crippen LogP contribution in [0.2, 0.25) is 0 Å². The Morgan fingerprint density at radius 3 is 2.44 bits per heavy atom. The summed E-state index contributed by atoms with van der Waals surface area (Å²) < 4.78 is 12.6. The lowest BCUT2D eigenvalue weighted by Crippen LogP contribution is -2.25. The van der Waals surface area contributed by atoms with E-state index in [9.17, 15) is 9.59 Å². The number of rotatable bonds is 8. The van der Waals surface area contributed by atoms with Crippen molar-refractivity contribution in [2.24, 2.45) is 0 Å². The van der Waals surface area contributed by atoms with Crippen LogP contribution in [0.25, 0.3) is 22.2 Å². The second kappa shape index (κ2) is 10.9. The molecule has 4 aromatic rings. The highest BCUT2D eigenvalue weighted by molar-refractivity contribution is 5.80. The highest BCUT2D eigenvalue weighted by Crippen LogP contribution is 2.31. The molecule has 0 saturated heterocycles. The predicted molar refractivity (Wildman–Crippen MR) is 138 cm³/mol. The van der Waals surface area contributed by atoms with Crippen LogP contribution in [0.1, 0.15) is 31.2 Å². The molecule has 1 amide bonds. The first-order valence-corrected chi connectivity index (χ1v) is 11.8. The number of hydrogen-bond donors (Lipinski definition) is 1. The molecule has 0 saturated carbocycles. The van der Waals surface area contributed by atoms with E-state index in [-0.39, 0.29) is 0 Å². The Kier molecular flexibility index (Phi) is 7.53. The van der Waals surface area contributed by atoms with Crippen molar-refractivity contribution in [3.8, 4) is 22.6 Å². The molecule has 1 N–H and O–H groups in total. The lowest BCUT2D eigenvalue weighted by Gasteiger charge is -2.13. The van der Waals surface area contributed by atoms with Crippen molar-refractivity contribution < 1.29 is 24.2 Å². The van der Waals surface area contributed by atoms with Gasteiger partial charge >= 0.3 is 12.2 Å². The second-order valence-corrected chi connectivity index (χ2v) is 8.69. The van der Waals surface area contributed by atoms with E-state index in [0.717, 1.165) is 47.2 Å². The molecule has 1 aromatic heterocycles. The molecular weight excluding hydrogens is 458 g/mol. The first-order chi connectivity index (χ1) is 17.4. The van der Waals surface area contributed by atoms with Crippen molar-refractivity contribution in [1.29, 1.82) is 0 Å². The molecule has 36 heavy (non-hydrogen) atoms. The highest BCUT2D eigenvalue weighted by Gasteiger charge is 2.15. The van der Waals surface area contributed by atoms with E-state index in [2.05, 4.69) is 11.5 Å². The zero-order chi connectivity index (χ0) is 25.7. The summed E-state index contributed by atoms with van der Waals surface area (Å²) in [4.78, 5) is 29.3. The maximum atomic E-state index is 12.0. The molecule has 0 aliphatic carbocycles. The van der Waals surface area contributed by atoms with Gasteiger partial charge in [0.15, 0.2) is 0 Å². The summed E-state index contributed by atoms with van der Waals surface area (Å²) in [6.45, 7) is 2.74. The Bertz CT molecular complexity index is 1380. The summed E-state index contributed by atoms with van der Waals surface area (Å²) in [6, 6.07) is 20.5. The van der Waals surface area contributed by atoms with Crippen LogP contribution in [0.3, 0.4) is 0 Å². The Morgan fingerprint density at radius 2 is 1.75 bits per heavy atom. The Hall–Kier alpha value is -4.33. The van der Waals surface area contributed by atoms with Crippen LogP contribution >= 0.6 is 0 Å². The van der Waals surface area contributed by atoms with E-state index < -0.39 is 12.2 Å². The van der Waals surface area contributed by atoms with Crippen LogP contribution in [0.4, 0.5) is 9.59 Å². The van der Waals surface area contributed by atoms with Gasteiger partial charge in [-0.15, -0.1) is 0 Å². The molecule has 0 spiro atoms. The minimum Gasteiger partial charge on any atom is -0.449 e. The predicted octanol–water partition coefficient (Wildman–Crippen LogP) is 6.21. The van der Waals surface area contributed by atoms with Gasteiger partial charge in [0, 0.05) is 38.7 Å². The lowest BCUT2D eigenvalue weighted by molar-refractivity contribution is 0.144. The number of aryl methyl sites for hydroxylation is 1. The fourth-order valence-electron chi connectivity index (χ4n) is 3.97. The number of carbonyl (C=O) groups is 2. The highest BCUT2D eigenvalue weighted by atomic mass is 16.7. The molecule has 0 radical (unpaired) electrons. The number of nitrogens with zero attached hydrogens (tertiary/aromatic N) is 3. The SMILES string of the molecule is CCCCc1nc2ccc(OC(=O)N(C)C)cc2n1Cc1ccc(-c2ccccc2OC(=O)O)cc1. The molecule has 0 aliphatic rings. The summed E-state index contributed by atoms with van der Waals surface area (Å²) in [5, 5.41) is 9.03. The number of fused-ring (bicyclic) bond motifs is 1. The molecule has 0 bridgehead atoms. The van der Waals surface area contributed by atoms with E-state index in [1.165, 1.54) is 4.90 Å². The van der Waals surface area contributed by atoms with Crippen LogP contribution in [0.5, 0.6) is 11.5 Å². The van der Waals surface area contributed by atoms with Gasteiger partial charge in [-0.25, -0.2) is 14.6 Å². The van der Waals surface area contributed by atoms with Gasteiger partial charge in [-0.2, -0.15) is 0 Å². The van der Waals surface area contributed by atoms with Crippen LogP contribution in [0, 0.1) is 0 Å². The number of amides is 1. The Morgan fingerprint density at radius 1 is 1.00 bits per heavy atom. The largest absolute Gasteiger partial charge is 0.511 e. The Balaban J connectivity index is 1.66. The van der Waals surface area contributed by atoms with E-state index in [4.69, 9.17) is 19.6 Å². The Labute approximate surface area is 209 Å². The molecule has 1 heterocycles. The van der Waals surface area contributed by atoms with E-state index in [1.807, 2.05) is 48.5 Å². The molecule has 0 fully saturated rings. The maximum Gasteiger partial charge on any atom is 0.511 e. The minimum atomic E-state index is -1.35. The van der Waals surface area contributed by atoms with Crippen molar-refractivity contribution >= 4 is 23.3 Å². The number of imidazole rings is 1. The van der Waals surface area contributed by atoms with Gasteiger partial charge in [0.1, 0.15) is 17.3 Å². The van der Waals surface area contributed by atoms with Gasteiger partial charge in [-0.3, -0.25) is 0 Å². The minimum absolute atomic E-state index is 0.292. The second-order valence-electron chi connectivity index (χ2n) is 8.69.